The molecule has 1 saturated carbocycles. The molecule has 0 radical (unpaired) electrons. The molecule has 0 aromatic heterocycles. The van der Waals surface area contributed by atoms with E-state index in [0.717, 1.165) is 11.3 Å². The van der Waals surface area contributed by atoms with Gasteiger partial charge in [-0.1, -0.05) is 18.9 Å². The standard InChI is InChI=1S/C18H24F3NOS/c1-12-7-8-14(11-13(12)2)24-10-9-17(23)22-16-6-4-3-5-15(16)18(19,20)21/h7-8,11,15-16H,3-6,9-10H2,1-2H3,(H,22,23). The first-order valence-electron chi connectivity index (χ1n) is 8.33. The van der Waals surface area contributed by atoms with Crippen molar-refractivity contribution in [3.8, 4) is 0 Å². The predicted molar refractivity (Wildman–Crippen MR) is 91.2 cm³/mol. The lowest BCUT2D eigenvalue weighted by Gasteiger charge is -2.33. The molecule has 24 heavy (non-hydrogen) atoms. The van der Waals surface area contributed by atoms with E-state index in [4.69, 9.17) is 0 Å². The Morgan fingerprint density at radius 2 is 1.92 bits per heavy atom. The van der Waals surface area contributed by atoms with Crippen LogP contribution in [-0.4, -0.2) is 23.9 Å². The van der Waals surface area contributed by atoms with Gasteiger partial charge in [0.05, 0.1) is 5.92 Å². The van der Waals surface area contributed by atoms with E-state index in [0.29, 0.717) is 18.6 Å². The summed E-state index contributed by atoms with van der Waals surface area (Å²) in [5.41, 5.74) is 2.41. The predicted octanol–water partition coefficient (Wildman–Crippen LogP) is 5.02. The third kappa shape index (κ3) is 5.43. The highest BCUT2D eigenvalue weighted by molar-refractivity contribution is 7.99. The molecule has 134 valence electrons. The fourth-order valence-electron chi connectivity index (χ4n) is 3.04. The van der Waals surface area contributed by atoms with Gasteiger partial charge in [0.25, 0.3) is 0 Å². The van der Waals surface area contributed by atoms with E-state index in [-0.39, 0.29) is 18.7 Å². The lowest BCUT2D eigenvalue weighted by molar-refractivity contribution is -0.189. The summed E-state index contributed by atoms with van der Waals surface area (Å²) in [4.78, 5) is 13.1. The van der Waals surface area contributed by atoms with E-state index < -0.39 is 18.1 Å². The van der Waals surface area contributed by atoms with Crippen LogP contribution in [-0.2, 0) is 4.79 Å². The first-order chi connectivity index (χ1) is 11.3. The molecule has 1 N–H and O–H groups in total. The Labute approximate surface area is 145 Å². The van der Waals surface area contributed by atoms with Gasteiger partial charge in [-0.2, -0.15) is 13.2 Å². The molecule has 1 aliphatic carbocycles. The number of hydrogen-bond donors (Lipinski definition) is 1. The number of carbonyl (C=O) groups is 1. The zero-order valence-corrected chi connectivity index (χ0v) is 14.9. The van der Waals surface area contributed by atoms with E-state index in [9.17, 15) is 18.0 Å². The van der Waals surface area contributed by atoms with Crippen molar-refractivity contribution >= 4 is 17.7 Å². The van der Waals surface area contributed by atoms with Gasteiger partial charge in [-0.25, -0.2) is 0 Å². The van der Waals surface area contributed by atoms with Crippen molar-refractivity contribution in [2.75, 3.05) is 5.75 Å². The van der Waals surface area contributed by atoms with Crippen LogP contribution in [0, 0.1) is 19.8 Å². The number of hydrogen-bond acceptors (Lipinski definition) is 2. The largest absolute Gasteiger partial charge is 0.393 e. The molecule has 1 amide bonds. The molecule has 0 bridgehead atoms. The van der Waals surface area contributed by atoms with Crippen LogP contribution in [0.2, 0.25) is 0 Å². The minimum atomic E-state index is -4.23. The third-order valence-corrected chi connectivity index (χ3v) is 5.60. The molecule has 2 nitrogen and oxygen atoms in total. The number of benzene rings is 1. The Kier molecular flexibility index (Phi) is 6.61. The van der Waals surface area contributed by atoms with Crippen molar-refractivity contribution < 1.29 is 18.0 Å². The molecule has 0 saturated heterocycles. The number of rotatable bonds is 5. The van der Waals surface area contributed by atoms with Crippen LogP contribution in [0.15, 0.2) is 23.1 Å². The summed E-state index contributed by atoms with van der Waals surface area (Å²) in [7, 11) is 0. The number of aryl methyl sites for hydroxylation is 2. The fraction of sp³-hybridized carbons (Fsp3) is 0.611. The van der Waals surface area contributed by atoms with Crippen LogP contribution in [0.3, 0.4) is 0 Å². The van der Waals surface area contributed by atoms with Gasteiger partial charge < -0.3 is 5.32 Å². The van der Waals surface area contributed by atoms with Crippen LogP contribution in [0.25, 0.3) is 0 Å². The minimum Gasteiger partial charge on any atom is -0.353 e. The second-order valence-electron chi connectivity index (χ2n) is 6.45. The molecule has 1 fully saturated rings. The second-order valence-corrected chi connectivity index (χ2v) is 7.62. The molecule has 1 aliphatic rings. The second kappa shape index (κ2) is 8.28. The van der Waals surface area contributed by atoms with Gasteiger partial charge in [0.2, 0.25) is 5.91 Å². The molecule has 0 aliphatic heterocycles. The summed E-state index contributed by atoms with van der Waals surface area (Å²) in [6.45, 7) is 4.07. The van der Waals surface area contributed by atoms with Crippen LogP contribution >= 0.6 is 11.8 Å². The lowest BCUT2D eigenvalue weighted by atomic mass is 9.84. The van der Waals surface area contributed by atoms with Gasteiger partial charge in [0.1, 0.15) is 0 Å². The highest BCUT2D eigenvalue weighted by Gasteiger charge is 2.45. The Morgan fingerprint density at radius 3 is 2.58 bits per heavy atom. The number of thioether (sulfide) groups is 1. The zero-order valence-electron chi connectivity index (χ0n) is 14.1. The van der Waals surface area contributed by atoms with Crippen molar-refractivity contribution in [1.29, 1.82) is 0 Å². The zero-order chi connectivity index (χ0) is 17.7. The van der Waals surface area contributed by atoms with Crippen LogP contribution in [0.1, 0.15) is 43.2 Å². The van der Waals surface area contributed by atoms with E-state index in [1.54, 1.807) is 11.8 Å². The molecule has 1 aromatic rings. The Hall–Kier alpha value is -1.17. The average molecular weight is 359 g/mol. The minimum absolute atomic E-state index is 0.117. The van der Waals surface area contributed by atoms with Crippen molar-refractivity contribution in [1.82, 2.24) is 5.32 Å². The average Bonchev–Trinajstić information content (AvgIpc) is 2.50. The van der Waals surface area contributed by atoms with Crippen LogP contribution in [0.4, 0.5) is 13.2 Å². The highest BCUT2D eigenvalue weighted by atomic mass is 32.2. The molecule has 2 unspecified atom stereocenters. The van der Waals surface area contributed by atoms with Gasteiger partial charge in [0.15, 0.2) is 0 Å². The van der Waals surface area contributed by atoms with E-state index in [1.807, 2.05) is 26.0 Å². The van der Waals surface area contributed by atoms with Gasteiger partial charge in [-0.15, -0.1) is 11.8 Å². The summed E-state index contributed by atoms with van der Waals surface area (Å²) >= 11 is 1.56. The number of nitrogens with one attached hydrogen (secondary N) is 1. The first-order valence-corrected chi connectivity index (χ1v) is 9.32. The Morgan fingerprint density at radius 1 is 1.21 bits per heavy atom. The maximum absolute atomic E-state index is 13.0. The summed E-state index contributed by atoms with van der Waals surface area (Å²) in [6.07, 6.45) is -2.13. The van der Waals surface area contributed by atoms with E-state index >= 15 is 0 Å². The van der Waals surface area contributed by atoms with E-state index in [1.165, 1.54) is 11.1 Å². The first kappa shape index (κ1) is 19.2. The maximum Gasteiger partial charge on any atom is 0.393 e. The number of amides is 1. The topological polar surface area (TPSA) is 29.1 Å². The third-order valence-electron chi connectivity index (χ3n) is 4.61. The maximum atomic E-state index is 13.0. The highest BCUT2D eigenvalue weighted by Crippen LogP contribution is 2.37. The Balaban J connectivity index is 1.80. The van der Waals surface area contributed by atoms with Crippen molar-refractivity contribution in [2.45, 2.75) is 63.1 Å². The number of carbonyl (C=O) groups excluding carboxylic acids is 1. The molecule has 0 spiro atoms. The normalized spacial score (nSPS) is 21.5. The monoisotopic (exact) mass is 359 g/mol. The van der Waals surface area contributed by atoms with E-state index in [2.05, 4.69) is 11.4 Å². The van der Waals surface area contributed by atoms with Crippen molar-refractivity contribution in [3.05, 3.63) is 29.3 Å². The van der Waals surface area contributed by atoms with Crippen molar-refractivity contribution in [2.24, 2.45) is 5.92 Å². The van der Waals surface area contributed by atoms with Crippen molar-refractivity contribution in [3.63, 3.8) is 0 Å². The fourth-order valence-corrected chi connectivity index (χ4v) is 3.99. The molecular formula is C18H24F3NOS. The summed E-state index contributed by atoms with van der Waals surface area (Å²) in [5.74, 6) is -1.12. The quantitative estimate of drug-likeness (QED) is 0.748. The summed E-state index contributed by atoms with van der Waals surface area (Å²) in [6, 6.07) is 5.34. The number of alkyl halides is 3. The summed E-state index contributed by atoms with van der Waals surface area (Å²) < 4.78 is 39.1. The van der Waals surface area contributed by atoms with Gasteiger partial charge in [0, 0.05) is 23.1 Å². The van der Waals surface area contributed by atoms with Crippen LogP contribution in [0.5, 0.6) is 0 Å². The lowest BCUT2D eigenvalue weighted by Crippen LogP contribution is -2.47. The molecule has 0 heterocycles. The SMILES string of the molecule is Cc1ccc(SCCC(=O)NC2CCCCC2C(F)(F)F)cc1C. The van der Waals surface area contributed by atoms with Gasteiger partial charge >= 0.3 is 6.18 Å². The Bertz CT molecular complexity index is 574. The molecular weight excluding hydrogens is 335 g/mol. The molecule has 6 heteroatoms. The van der Waals surface area contributed by atoms with Gasteiger partial charge in [-0.05, 0) is 49.9 Å². The van der Waals surface area contributed by atoms with Gasteiger partial charge in [-0.3, -0.25) is 4.79 Å². The van der Waals surface area contributed by atoms with Crippen LogP contribution < -0.4 is 5.32 Å². The molecule has 1 aromatic carbocycles. The molecule has 2 atom stereocenters. The smallest absolute Gasteiger partial charge is 0.353 e. The summed E-state index contributed by atoms with van der Waals surface area (Å²) in [5, 5.41) is 2.61. The molecule has 2 rings (SSSR count). The number of halogens is 3.